The van der Waals surface area contributed by atoms with Gasteiger partial charge in [-0.25, -0.2) is 13.4 Å². The number of hydrogen-bond acceptors (Lipinski definition) is 6. The van der Waals surface area contributed by atoms with E-state index >= 15 is 0 Å². The van der Waals surface area contributed by atoms with Crippen molar-refractivity contribution in [3.05, 3.63) is 53.6 Å². The summed E-state index contributed by atoms with van der Waals surface area (Å²) in [6.45, 7) is 0. The molecule has 0 saturated carbocycles. The molecule has 0 bridgehead atoms. The average molecular weight is 382 g/mol. The van der Waals surface area contributed by atoms with Crippen molar-refractivity contribution in [2.75, 3.05) is 11.2 Å². The summed E-state index contributed by atoms with van der Waals surface area (Å²) in [4.78, 5) is 16.2. The third-order valence-corrected chi connectivity index (χ3v) is 5.88. The van der Waals surface area contributed by atoms with Crippen LogP contribution in [-0.2, 0) is 14.6 Å². The van der Waals surface area contributed by atoms with Crippen LogP contribution in [0.4, 0.5) is 5.13 Å². The number of halogens is 1. The Morgan fingerprint density at radius 3 is 2.67 bits per heavy atom. The number of hydrazine groups is 1. The number of anilines is 1. The molecule has 2 aromatic carbocycles. The first-order valence-electron chi connectivity index (χ1n) is 6.83. The molecule has 0 atom stereocenters. The highest BCUT2D eigenvalue weighted by Crippen LogP contribution is 2.27. The first kappa shape index (κ1) is 16.7. The minimum absolute atomic E-state index is 0.106. The topological polar surface area (TPSA) is 88.2 Å². The monoisotopic (exact) mass is 381 g/mol. The van der Waals surface area contributed by atoms with E-state index in [1.165, 1.54) is 23.5 Å². The third kappa shape index (κ3) is 3.84. The van der Waals surface area contributed by atoms with E-state index in [0.717, 1.165) is 10.2 Å². The highest BCUT2D eigenvalue weighted by Gasteiger charge is 2.19. The van der Waals surface area contributed by atoms with Gasteiger partial charge in [-0.2, -0.15) is 0 Å². The average Bonchev–Trinajstić information content (AvgIpc) is 2.95. The second-order valence-electron chi connectivity index (χ2n) is 4.88. The van der Waals surface area contributed by atoms with Crippen molar-refractivity contribution in [1.29, 1.82) is 0 Å². The van der Waals surface area contributed by atoms with Crippen LogP contribution < -0.4 is 10.9 Å². The Morgan fingerprint density at radius 2 is 1.92 bits per heavy atom. The molecule has 0 fully saturated rings. The Balaban J connectivity index is 1.64. The quantitative estimate of drug-likeness (QED) is 0.663. The van der Waals surface area contributed by atoms with Gasteiger partial charge in [0.1, 0.15) is 5.75 Å². The lowest BCUT2D eigenvalue weighted by Crippen LogP contribution is -2.34. The Hall–Kier alpha value is -2.16. The van der Waals surface area contributed by atoms with Crippen molar-refractivity contribution in [3.8, 4) is 0 Å². The molecule has 0 aliphatic heterocycles. The number of carbonyl (C=O) groups is 1. The fraction of sp³-hybridized carbons (Fsp3) is 0.0667. The lowest BCUT2D eigenvalue weighted by Gasteiger charge is -2.06. The van der Waals surface area contributed by atoms with Crippen molar-refractivity contribution in [2.45, 2.75) is 4.90 Å². The molecule has 9 heteroatoms. The third-order valence-electron chi connectivity index (χ3n) is 3.08. The molecule has 0 spiro atoms. The van der Waals surface area contributed by atoms with Crippen LogP contribution in [0.25, 0.3) is 10.2 Å². The van der Waals surface area contributed by atoms with Gasteiger partial charge in [0.2, 0.25) is 5.13 Å². The standard InChI is InChI=1S/C15H12ClN3O3S2/c16-10-6-7-12-13(8-10)23-15(17-12)19-18-14(20)9-24(21,22)11-4-2-1-3-5-11/h1-8H,9H2,(H,17,19)(H,18,20). The van der Waals surface area contributed by atoms with Crippen LogP contribution in [0.5, 0.6) is 0 Å². The van der Waals surface area contributed by atoms with Gasteiger partial charge in [-0.1, -0.05) is 41.1 Å². The minimum atomic E-state index is -3.68. The van der Waals surface area contributed by atoms with Crippen LogP contribution >= 0.6 is 22.9 Å². The molecule has 1 aromatic heterocycles. The molecule has 3 rings (SSSR count). The summed E-state index contributed by atoms with van der Waals surface area (Å²) in [5, 5.41) is 1.04. The smallest absolute Gasteiger partial charge is 0.253 e. The fourth-order valence-corrected chi connectivity index (χ4v) is 4.25. The molecular weight excluding hydrogens is 370 g/mol. The van der Waals surface area contributed by atoms with Gasteiger partial charge in [0.05, 0.1) is 15.1 Å². The van der Waals surface area contributed by atoms with E-state index in [4.69, 9.17) is 11.6 Å². The molecule has 2 N–H and O–H groups in total. The van der Waals surface area contributed by atoms with Crippen molar-refractivity contribution in [1.82, 2.24) is 10.4 Å². The lowest BCUT2D eigenvalue weighted by atomic mass is 10.3. The zero-order valence-corrected chi connectivity index (χ0v) is 14.6. The number of nitrogens with one attached hydrogen (secondary N) is 2. The maximum Gasteiger partial charge on any atom is 0.253 e. The number of aromatic nitrogens is 1. The zero-order valence-electron chi connectivity index (χ0n) is 12.2. The Kier molecular flexibility index (Phi) is 4.70. The van der Waals surface area contributed by atoms with E-state index in [2.05, 4.69) is 15.8 Å². The molecule has 0 saturated heterocycles. The molecule has 0 aliphatic rings. The van der Waals surface area contributed by atoms with Crippen LogP contribution in [0.1, 0.15) is 0 Å². The van der Waals surface area contributed by atoms with E-state index in [-0.39, 0.29) is 4.90 Å². The van der Waals surface area contributed by atoms with Gasteiger partial charge < -0.3 is 0 Å². The number of benzene rings is 2. The van der Waals surface area contributed by atoms with Crippen LogP contribution in [-0.4, -0.2) is 25.1 Å². The van der Waals surface area contributed by atoms with Gasteiger partial charge in [0.15, 0.2) is 9.84 Å². The molecule has 3 aromatic rings. The van der Waals surface area contributed by atoms with Crippen molar-refractivity contribution >= 4 is 54.0 Å². The predicted molar refractivity (Wildman–Crippen MR) is 94.9 cm³/mol. The van der Waals surface area contributed by atoms with Gasteiger partial charge in [-0.3, -0.25) is 15.6 Å². The summed E-state index contributed by atoms with van der Waals surface area (Å²) < 4.78 is 25.1. The number of sulfone groups is 1. The SMILES string of the molecule is O=C(CS(=O)(=O)c1ccccc1)NNc1nc2ccc(Cl)cc2s1. The molecular formula is C15H12ClN3O3S2. The summed E-state index contributed by atoms with van der Waals surface area (Å²) in [6, 6.07) is 13.1. The Labute approximate surface area is 147 Å². The zero-order chi connectivity index (χ0) is 17.2. The number of nitrogens with zero attached hydrogens (tertiary/aromatic N) is 1. The van der Waals surface area contributed by atoms with Gasteiger partial charge in [-0.15, -0.1) is 0 Å². The maximum absolute atomic E-state index is 12.1. The first-order valence-corrected chi connectivity index (χ1v) is 9.67. The number of amides is 1. The highest BCUT2D eigenvalue weighted by atomic mass is 35.5. The Morgan fingerprint density at radius 1 is 1.17 bits per heavy atom. The second-order valence-corrected chi connectivity index (χ2v) is 8.33. The molecule has 1 heterocycles. The van der Waals surface area contributed by atoms with Gasteiger partial charge in [0, 0.05) is 5.02 Å². The fourth-order valence-electron chi connectivity index (χ4n) is 1.99. The van der Waals surface area contributed by atoms with Gasteiger partial charge >= 0.3 is 0 Å². The highest BCUT2D eigenvalue weighted by molar-refractivity contribution is 7.92. The van der Waals surface area contributed by atoms with Crippen molar-refractivity contribution in [3.63, 3.8) is 0 Å². The maximum atomic E-state index is 12.1. The Bertz CT molecular complexity index is 988. The molecule has 6 nitrogen and oxygen atoms in total. The number of fused-ring (bicyclic) bond motifs is 1. The number of hydrogen-bond donors (Lipinski definition) is 2. The van der Waals surface area contributed by atoms with E-state index in [1.807, 2.05) is 0 Å². The largest absolute Gasteiger partial charge is 0.273 e. The summed E-state index contributed by atoms with van der Waals surface area (Å²) in [7, 11) is -3.68. The van der Waals surface area contributed by atoms with Gasteiger partial charge in [-0.05, 0) is 30.3 Å². The molecule has 0 radical (unpaired) electrons. The number of thiazole rings is 1. The first-order chi connectivity index (χ1) is 11.4. The summed E-state index contributed by atoms with van der Waals surface area (Å²) in [5.74, 6) is -1.32. The van der Waals surface area contributed by atoms with Crippen molar-refractivity contribution in [2.24, 2.45) is 0 Å². The van der Waals surface area contributed by atoms with Crippen LogP contribution in [0, 0.1) is 0 Å². The second kappa shape index (κ2) is 6.76. The molecule has 0 aliphatic carbocycles. The summed E-state index contributed by atoms with van der Waals surface area (Å²) >= 11 is 7.21. The normalized spacial score (nSPS) is 11.4. The van der Waals surface area contributed by atoms with Crippen molar-refractivity contribution < 1.29 is 13.2 Å². The predicted octanol–water partition coefficient (Wildman–Crippen LogP) is 2.87. The number of carbonyl (C=O) groups excluding carboxylic acids is 1. The molecule has 124 valence electrons. The molecule has 0 unspecified atom stereocenters. The van der Waals surface area contributed by atoms with E-state index in [1.54, 1.807) is 36.4 Å². The van der Waals surface area contributed by atoms with E-state index in [0.29, 0.717) is 10.2 Å². The van der Waals surface area contributed by atoms with Gasteiger partial charge in [0.25, 0.3) is 5.91 Å². The van der Waals surface area contributed by atoms with E-state index < -0.39 is 21.5 Å². The van der Waals surface area contributed by atoms with E-state index in [9.17, 15) is 13.2 Å². The number of rotatable bonds is 5. The summed E-state index contributed by atoms with van der Waals surface area (Å²) in [6.07, 6.45) is 0. The van der Waals surface area contributed by atoms with Crippen LogP contribution in [0.15, 0.2) is 53.4 Å². The molecule has 1 amide bonds. The lowest BCUT2D eigenvalue weighted by molar-refractivity contribution is -0.118. The summed E-state index contributed by atoms with van der Waals surface area (Å²) in [5.41, 5.74) is 5.71. The molecule has 24 heavy (non-hydrogen) atoms. The minimum Gasteiger partial charge on any atom is -0.273 e. The van der Waals surface area contributed by atoms with Crippen LogP contribution in [0.2, 0.25) is 5.02 Å². The van der Waals surface area contributed by atoms with Crippen LogP contribution in [0.3, 0.4) is 0 Å².